The molecule has 2 rings (SSSR count). The van der Waals surface area contributed by atoms with Crippen LogP contribution in [0.2, 0.25) is 0 Å². The third-order valence-electron chi connectivity index (χ3n) is 3.17. The molecule has 112 valence electrons. The van der Waals surface area contributed by atoms with E-state index in [1.807, 2.05) is 44.3 Å². The fourth-order valence-electron chi connectivity index (χ4n) is 1.97. The average molecular weight is 303 g/mol. The largest absolute Gasteiger partial charge is 0.385 e. The van der Waals surface area contributed by atoms with E-state index in [4.69, 9.17) is 0 Å². The van der Waals surface area contributed by atoms with Crippen molar-refractivity contribution in [2.45, 2.75) is 33.2 Å². The Balaban J connectivity index is 1.99. The van der Waals surface area contributed by atoms with Crippen molar-refractivity contribution in [3.63, 3.8) is 0 Å². The first-order chi connectivity index (χ1) is 10.1. The van der Waals surface area contributed by atoms with Gasteiger partial charge < -0.3 is 10.6 Å². The van der Waals surface area contributed by atoms with Gasteiger partial charge in [0, 0.05) is 28.9 Å². The first-order valence-electron chi connectivity index (χ1n) is 7.23. The van der Waals surface area contributed by atoms with E-state index in [0.29, 0.717) is 5.56 Å². The normalized spacial score (nSPS) is 12.0. The number of anilines is 1. The fourth-order valence-corrected chi connectivity index (χ4v) is 2.83. The summed E-state index contributed by atoms with van der Waals surface area (Å²) < 4.78 is 0. The zero-order valence-electron chi connectivity index (χ0n) is 12.6. The van der Waals surface area contributed by atoms with Gasteiger partial charge in [0.2, 0.25) is 0 Å². The van der Waals surface area contributed by atoms with E-state index in [-0.39, 0.29) is 11.9 Å². The molecule has 0 aliphatic heterocycles. The van der Waals surface area contributed by atoms with Crippen LogP contribution >= 0.6 is 11.3 Å². The van der Waals surface area contributed by atoms with E-state index in [1.54, 1.807) is 11.3 Å². The molecule has 0 saturated heterocycles. The Labute approximate surface area is 129 Å². The zero-order valence-corrected chi connectivity index (χ0v) is 13.5. The Morgan fingerprint density at radius 3 is 2.57 bits per heavy atom. The van der Waals surface area contributed by atoms with Crippen LogP contribution in [-0.2, 0) is 6.42 Å². The molecule has 1 aromatic heterocycles. The summed E-state index contributed by atoms with van der Waals surface area (Å²) in [4.78, 5) is 17.8. The maximum Gasteiger partial charge on any atom is 0.251 e. The first kappa shape index (κ1) is 15.5. The van der Waals surface area contributed by atoms with Crippen LogP contribution in [0.5, 0.6) is 0 Å². The second kappa shape index (κ2) is 7.22. The monoisotopic (exact) mass is 303 g/mol. The Morgan fingerprint density at radius 2 is 2.00 bits per heavy atom. The average Bonchev–Trinajstić information content (AvgIpc) is 2.97. The third kappa shape index (κ3) is 4.04. The number of benzene rings is 1. The molecule has 0 saturated carbocycles. The Hall–Kier alpha value is -1.88. The number of thiazole rings is 1. The van der Waals surface area contributed by atoms with Crippen molar-refractivity contribution >= 4 is 22.9 Å². The number of hydrogen-bond donors (Lipinski definition) is 2. The van der Waals surface area contributed by atoms with Gasteiger partial charge in [0.15, 0.2) is 0 Å². The quantitative estimate of drug-likeness (QED) is 0.857. The van der Waals surface area contributed by atoms with Crippen LogP contribution in [0.4, 0.5) is 5.69 Å². The second-order valence-corrected chi connectivity index (χ2v) is 5.97. The lowest BCUT2D eigenvalue weighted by Crippen LogP contribution is -2.26. The summed E-state index contributed by atoms with van der Waals surface area (Å²) in [6, 6.07) is 7.43. The minimum atomic E-state index is -0.0729. The minimum absolute atomic E-state index is 0.0706. The molecule has 21 heavy (non-hydrogen) atoms. The van der Waals surface area contributed by atoms with Crippen molar-refractivity contribution in [3.8, 4) is 0 Å². The van der Waals surface area contributed by atoms with E-state index in [2.05, 4.69) is 22.5 Å². The molecule has 0 radical (unpaired) electrons. The van der Waals surface area contributed by atoms with Gasteiger partial charge in [-0.15, -0.1) is 11.3 Å². The molecule has 2 aromatic rings. The number of aromatic nitrogens is 1. The minimum Gasteiger partial charge on any atom is -0.385 e. The number of aryl methyl sites for hydroxylation is 1. The predicted molar refractivity (Wildman–Crippen MR) is 88.0 cm³/mol. The number of carbonyl (C=O) groups is 1. The molecule has 1 aromatic carbocycles. The van der Waals surface area contributed by atoms with Crippen LogP contribution < -0.4 is 10.6 Å². The molecule has 0 spiro atoms. The van der Waals surface area contributed by atoms with E-state index in [1.165, 1.54) is 4.88 Å². The van der Waals surface area contributed by atoms with Crippen molar-refractivity contribution in [3.05, 3.63) is 45.9 Å². The summed E-state index contributed by atoms with van der Waals surface area (Å²) in [7, 11) is 0. The maximum atomic E-state index is 12.2. The molecule has 1 atom stereocenters. The maximum absolute atomic E-state index is 12.2. The summed E-state index contributed by atoms with van der Waals surface area (Å²) >= 11 is 1.65. The number of nitrogens with one attached hydrogen (secondary N) is 2. The number of rotatable bonds is 6. The van der Waals surface area contributed by atoms with E-state index in [9.17, 15) is 4.79 Å². The lowest BCUT2D eigenvalue weighted by molar-refractivity contribution is 0.0940. The summed E-state index contributed by atoms with van der Waals surface area (Å²) in [5.74, 6) is -0.0706. The molecule has 0 aliphatic carbocycles. The molecule has 2 N–H and O–H groups in total. The van der Waals surface area contributed by atoms with Gasteiger partial charge in [-0.25, -0.2) is 4.98 Å². The Kier molecular flexibility index (Phi) is 5.33. The van der Waals surface area contributed by atoms with Gasteiger partial charge in [0.1, 0.15) is 5.01 Å². The van der Waals surface area contributed by atoms with Crippen LogP contribution in [0.3, 0.4) is 0 Å². The lowest BCUT2D eigenvalue weighted by atomic mass is 10.2. The van der Waals surface area contributed by atoms with Gasteiger partial charge in [-0.05, 0) is 44.5 Å². The summed E-state index contributed by atoms with van der Waals surface area (Å²) in [6.07, 6.45) is 2.86. The Morgan fingerprint density at radius 1 is 1.29 bits per heavy atom. The highest BCUT2D eigenvalue weighted by Gasteiger charge is 2.14. The molecule has 0 bridgehead atoms. The molecular weight excluding hydrogens is 282 g/mol. The molecule has 5 heteroatoms. The second-order valence-electron chi connectivity index (χ2n) is 4.82. The first-order valence-corrected chi connectivity index (χ1v) is 8.05. The summed E-state index contributed by atoms with van der Waals surface area (Å²) in [6.45, 7) is 6.98. The van der Waals surface area contributed by atoms with Crippen LogP contribution in [0.1, 0.15) is 47.1 Å². The number of nitrogens with zero attached hydrogens (tertiary/aromatic N) is 1. The molecule has 1 unspecified atom stereocenters. The number of carbonyl (C=O) groups excluding carboxylic acids is 1. The topological polar surface area (TPSA) is 54.0 Å². The molecule has 1 heterocycles. The zero-order chi connectivity index (χ0) is 15.2. The molecule has 0 aliphatic rings. The van der Waals surface area contributed by atoms with Crippen molar-refractivity contribution in [2.75, 3.05) is 11.9 Å². The highest BCUT2D eigenvalue weighted by molar-refractivity contribution is 7.11. The van der Waals surface area contributed by atoms with Gasteiger partial charge in [-0.2, -0.15) is 0 Å². The lowest BCUT2D eigenvalue weighted by Gasteiger charge is -2.11. The smallest absolute Gasteiger partial charge is 0.251 e. The summed E-state index contributed by atoms with van der Waals surface area (Å²) in [5.41, 5.74) is 1.69. The van der Waals surface area contributed by atoms with E-state index in [0.717, 1.165) is 23.7 Å². The number of hydrogen-bond acceptors (Lipinski definition) is 4. The van der Waals surface area contributed by atoms with Crippen LogP contribution in [0.25, 0.3) is 0 Å². The van der Waals surface area contributed by atoms with Gasteiger partial charge in [0.25, 0.3) is 5.91 Å². The van der Waals surface area contributed by atoms with Crippen molar-refractivity contribution in [2.24, 2.45) is 0 Å². The molecule has 0 fully saturated rings. The standard InChI is InChI=1S/C16H21N3OS/c1-4-14-10-18-16(21-14)11(3)19-15(20)12-6-8-13(9-7-12)17-5-2/h6-11,17H,4-5H2,1-3H3,(H,19,20). The van der Waals surface area contributed by atoms with Crippen molar-refractivity contribution < 1.29 is 4.79 Å². The summed E-state index contributed by atoms with van der Waals surface area (Å²) in [5, 5.41) is 7.15. The van der Waals surface area contributed by atoms with E-state index >= 15 is 0 Å². The van der Waals surface area contributed by atoms with Gasteiger partial charge >= 0.3 is 0 Å². The van der Waals surface area contributed by atoms with Crippen molar-refractivity contribution in [1.29, 1.82) is 0 Å². The van der Waals surface area contributed by atoms with Crippen LogP contribution in [-0.4, -0.2) is 17.4 Å². The molecule has 4 nitrogen and oxygen atoms in total. The predicted octanol–water partition coefficient (Wildman–Crippen LogP) is 3.63. The van der Waals surface area contributed by atoms with Gasteiger partial charge in [-0.1, -0.05) is 6.92 Å². The van der Waals surface area contributed by atoms with Gasteiger partial charge in [-0.3, -0.25) is 4.79 Å². The fraction of sp³-hybridized carbons (Fsp3) is 0.375. The van der Waals surface area contributed by atoms with Gasteiger partial charge in [0.05, 0.1) is 6.04 Å². The van der Waals surface area contributed by atoms with Crippen molar-refractivity contribution in [1.82, 2.24) is 10.3 Å². The van der Waals surface area contributed by atoms with Crippen LogP contribution in [0, 0.1) is 0 Å². The van der Waals surface area contributed by atoms with E-state index < -0.39 is 0 Å². The number of amides is 1. The molecule has 1 amide bonds. The van der Waals surface area contributed by atoms with Crippen LogP contribution in [0.15, 0.2) is 30.5 Å². The molecular formula is C16H21N3OS. The highest BCUT2D eigenvalue weighted by atomic mass is 32.1. The highest BCUT2D eigenvalue weighted by Crippen LogP contribution is 2.20. The Bertz CT molecular complexity index is 592. The third-order valence-corrected chi connectivity index (χ3v) is 4.49. The SMILES string of the molecule is CCNc1ccc(C(=O)NC(C)c2ncc(CC)s2)cc1.